The molecule has 2 aliphatic heterocycles. The number of rotatable bonds is 6. The molecule has 0 aromatic heterocycles. The normalized spacial score (nSPS) is 15.1. The largest absolute Gasteiger partial charge is 0.497 e. The highest BCUT2D eigenvalue weighted by Gasteiger charge is 2.24. The van der Waals surface area contributed by atoms with Gasteiger partial charge in [-0.25, -0.2) is 0 Å². The van der Waals surface area contributed by atoms with Crippen molar-refractivity contribution in [1.29, 1.82) is 0 Å². The first-order valence-electron chi connectivity index (χ1n) is 13.5. The fourth-order valence-corrected chi connectivity index (χ4v) is 3.99. The number of hydrazine groups is 1. The van der Waals surface area contributed by atoms with E-state index >= 15 is 0 Å². The van der Waals surface area contributed by atoms with Gasteiger partial charge in [-0.15, -0.1) is 0 Å². The van der Waals surface area contributed by atoms with E-state index in [0.717, 1.165) is 34.5 Å². The highest BCUT2D eigenvalue weighted by molar-refractivity contribution is 5.98. The predicted octanol–water partition coefficient (Wildman–Crippen LogP) is 2.75. The first kappa shape index (κ1) is 30.9. The average molecular weight is 556 g/mol. The van der Waals surface area contributed by atoms with Crippen LogP contribution in [0.3, 0.4) is 0 Å². The quantitative estimate of drug-likeness (QED) is 0.212. The van der Waals surface area contributed by atoms with E-state index < -0.39 is 6.04 Å². The molecule has 9 heteroatoms. The number of fused-ring (bicyclic) bond motifs is 1. The number of hydrogen-bond acceptors (Lipinski definition) is 6. The summed E-state index contributed by atoms with van der Waals surface area (Å²) >= 11 is 0. The molecule has 214 valence electrons. The van der Waals surface area contributed by atoms with Crippen LogP contribution in [0.1, 0.15) is 46.5 Å². The molecule has 0 saturated carbocycles. The minimum atomic E-state index is -0.792. The summed E-state index contributed by atoms with van der Waals surface area (Å²) in [5.74, 6) is 6.02. The van der Waals surface area contributed by atoms with E-state index in [1.165, 1.54) is 5.56 Å². The summed E-state index contributed by atoms with van der Waals surface area (Å²) in [6.45, 7) is 6.15. The van der Waals surface area contributed by atoms with Gasteiger partial charge in [-0.3, -0.25) is 25.2 Å². The van der Waals surface area contributed by atoms with Crippen molar-refractivity contribution < 1.29 is 19.1 Å². The van der Waals surface area contributed by atoms with E-state index in [2.05, 4.69) is 45.5 Å². The van der Waals surface area contributed by atoms with E-state index in [1.54, 1.807) is 25.1 Å². The van der Waals surface area contributed by atoms with Crippen LogP contribution in [0.4, 0.5) is 0 Å². The van der Waals surface area contributed by atoms with Gasteiger partial charge in [-0.2, -0.15) is 0 Å². The Bertz CT molecular complexity index is 1380. The Morgan fingerprint density at radius 1 is 0.927 bits per heavy atom. The van der Waals surface area contributed by atoms with Gasteiger partial charge in [0.25, 0.3) is 11.8 Å². The van der Waals surface area contributed by atoms with Crippen molar-refractivity contribution in [3.8, 4) is 17.6 Å². The van der Waals surface area contributed by atoms with Gasteiger partial charge < -0.3 is 20.3 Å². The smallest absolute Gasteiger partial charge is 0.255 e. The summed E-state index contributed by atoms with van der Waals surface area (Å²) in [6.07, 6.45) is 0. The van der Waals surface area contributed by atoms with Crippen LogP contribution in [-0.4, -0.2) is 49.4 Å². The topological polar surface area (TPSA) is 112 Å². The third-order valence-electron chi connectivity index (χ3n) is 6.16. The van der Waals surface area contributed by atoms with Crippen molar-refractivity contribution in [1.82, 2.24) is 26.4 Å². The third kappa shape index (κ3) is 9.21. The lowest BCUT2D eigenvalue weighted by atomic mass is 10.1. The van der Waals surface area contributed by atoms with Gasteiger partial charge in [0, 0.05) is 37.8 Å². The first-order valence-corrected chi connectivity index (χ1v) is 13.5. The van der Waals surface area contributed by atoms with E-state index in [-0.39, 0.29) is 24.3 Å². The molecule has 41 heavy (non-hydrogen) atoms. The summed E-state index contributed by atoms with van der Waals surface area (Å²) in [7, 11) is 3.40. The van der Waals surface area contributed by atoms with Gasteiger partial charge in [-0.1, -0.05) is 74.2 Å². The number of benzene rings is 3. The Kier molecular flexibility index (Phi) is 11.9. The molecule has 1 fully saturated rings. The molecule has 5 rings (SSSR count). The van der Waals surface area contributed by atoms with E-state index in [9.17, 15) is 14.4 Å². The number of amides is 3. The Hall–Kier alpha value is -4.65. The lowest BCUT2D eigenvalue weighted by molar-refractivity contribution is -0.132. The number of piperazine rings is 1. The maximum Gasteiger partial charge on any atom is 0.255 e. The molecule has 0 unspecified atom stereocenters. The van der Waals surface area contributed by atoms with Crippen molar-refractivity contribution >= 4 is 17.7 Å². The van der Waals surface area contributed by atoms with Crippen molar-refractivity contribution in [3.05, 3.63) is 101 Å². The van der Waals surface area contributed by atoms with Gasteiger partial charge in [0.15, 0.2) is 6.04 Å². The lowest BCUT2D eigenvalue weighted by Crippen LogP contribution is -2.55. The van der Waals surface area contributed by atoms with E-state index in [1.807, 2.05) is 68.4 Å². The molecule has 3 aromatic carbocycles. The Labute approximate surface area is 241 Å². The zero-order valence-corrected chi connectivity index (χ0v) is 23.9. The molecule has 3 amide bonds. The third-order valence-corrected chi connectivity index (χ3v) is 6.16. The molecular formula is C32H37N5O4. The van der Waals surface area contributed by atoms with E-state index in [4.69, 9.17) is 4.74 Å². The standard InChI is InChI=1S/C20H20N4O2.C10H11NO2.C2H6/c25-19-14-21-20(26)18(24-19)11-10-15-6-8-17(9-7-15)13-23-22-12-16-4-2-1-3-5-16;1-11-6-7-3-4-8(13-2)5-9(7)10(11)12;1-2/h1-9,18,22-23H,12-14H2,(H,21,26)(H,24,25);3-5H,6H2,1-2H3;1-2H3/t18-;;/m0../s1. The van der Waals surface area contributed by atoms with Gasteiger partial charge in [0.2, 0.25) is 5.91 Å². The number of hydrogen-bond donors (Lipinski definition) is 4. The van der Waals surface area contributed by atoms with Gasteiger partial charge in [-0.05, 0) is 41.0 Å². The van der Waals surface area contributed by atoms with Crippen LogP contribution in [-0.2, 0) is 29.2 Å². The fourth-order valence-electron chi connectivity index (χ4n) is 3.99. The molecule has 2 aliphatic rings. The summed E-state index contributed by atoms with van der Waals surface area (Å²) < 4.78 is 5.05. The zero-order valence-electron chi connectivity index (χ0n) is 23.9. The summed E-state index contributed by atoms with van der Waals surface area (Å²) in [4.78, 5) is 36.1. The van der Waals surface area contributed by atoms with Gasteiger partial charge >= 0.3 is 0 Å². The van der Waals surface area contributed by atoms with Crippen molar-refractivity contribution in [2.75, 3.05) is 20.7 Å². The molecule has 1 atom stereocenters. The maximum atomic E-state index is 11.6. The molecule has 0 radical (unpaired) electrons. The molecule has 1 saturated heterocycles. The van der Waals surface area contributed by atoms with Crippen LogP contribution >= 0.6 is 0 Å². The number of carbonyl (C=O) groups is 3. The predicted molar refractivity (Wildman–Crippen MR) is 159 cm³/mol. The van der Waals surface area contributed by atoms with Crippen molar-refractivity contribution in [2.24, 2.45) is 0 Å². The van der Waals surface area contributed by atoms with Crippen LogP contribution in [0.25, 0.3) is 0 Å². The number of carbonyl (C=O) groups excluding carboxylic acids is 3. The minimum Gasteiger partial charge on any atom is -0.497 e. The van der Waals surface area contributed by atoms with E-state index in [0.29, 0.717) is 13.1 Å². The highest BCUT2D eigenvalue weighted by Crippen LogP contribution is 2.25. The number of nitrogens with zero attached hydrogens (tertiary/aromatic N) is 1. The molecule has 0 spiro atoms. The Balaban J connectivity index is 0.000000257. The number of ether oxygens (including phenoxy) is 1. The number of nitrogens with one attached hydrogen (secondary N) is 4. The molecular weight excluding hydrogens is 518 g/mol. The second-order valence-corrected chi connectivity index (χ2v) is 9.06. The maximum absolute atomic E-state index is 11.6. The van der Waals surface area contributed by atoms with Crippen LogP contribution in [0.2, 0.25) is 0 Å². The lowest BCUT2D eigenvalue weighted by Gasteiger charge is -2.18. The van der Waals surface area contributed by atoms with Crippen LogP contribution < -0.4 is 26.2 Å². The van der Waals surface area contributed by atoms with Crippen molar-refractivity contribution in [3.63, 3.8) is 0 Å². The minimum absolute atomic E-state index is 0.0109. The second-order valence-electron chi connectivity index (χ2n) is 9.06. The first-order chi connectivity index (χ1) is 19.9. The van der Waals surface area contributed by atoms with Crippen LogP contribution in [0.15, 0.2) is 72.8 Å². The SMILES string of the molecule is CC.COc1ccc2c(c1)C(=O)N(C)C2.O=C1CNC(=O)[C@H](C#Cc2ccc(CNNCc3ccccc3)cc2)N1. The average Bonchev–Trinajstić information content (AvgIpc) is 3.30. The van der Waals surface area contributed by atoms with Gasteiger partial charge in [0.05, 0.1) is 13.7 Å². The Morgan fingerprint density at radius 2 is 1.59 bits per heavy atom. The molecule has 3 aromatic rings. The second kappa shape index (κ2) is 15.8. The molecule has 2 heterocycles. The van der Waals surface area contributed by atoms with Crippen LogP contribution in [0.5, 0.6) is 5.75 Å². The summed E-state index contributed by atoms with van der Waals surface area (Å²) in [6, 6.07) is 22.7. The summed E-state index contributed by atoms with van der Waals surface area (Å²) in [5.41, 5.74) is 11.3. The monoisotopic (exact) mass is 555 g/mol. The fraction of sp³-hybridized carbons (Fsp3) is 0.281. The summed E-state index contributed by atoms with van der Waals surface area (Å²) in [5, 5.41) is 5.05. The molecule has 0 bridgehead atoms. The van der Waals surface area contributed by atoms with Crippen LogP contribution in [0, 0.1) is 11.8 Å². The number of methoxy groups -OCH3 is 1. The highest BCUT2D eigenvalue weighted by atomic mass is 16.5. The molecule has 4 N–H and O–H groups in total. The Morgan fingerprint density at radius 3 is 2.24 bits per heavy atom. The molecule has 0 aliphatic carbocycles. The molecule has 9 nitrogen and oxygen atoms in total. The van der Waals surface area contributed by atoms with Gasteiger partial charge in [0.1, 0.15) is 5.75 Å². The van der Waals surface area contributed by atoms with Crippen molar-refractivity contribution in [2.45, 2.75) is 39.5 Å². The zero-order chi connectivity index (χ0) is 29.6.